The Hall–Kier alpha value is -1.84. The summed E-state index contributed by atoms with van der Waals surface area (Å²) in [6, 6.07) is -1.63. The molecule has 10 heteroatoms. The average molecular weight is 258 g/mol. The standard InChI is InChI=1S/C7H9F3N2O5/c8-7(9,10)6(17)11-1-4(14)12-3(2-13)5(15)16/h3,13H,1-2H2,(H,11,17)(H,12,14)(H,15,16)/t3-/m0/s1. The molecule has 0 saturated carbocycles. The highest BCUT2D eigenvalue weighted by molar-refractivity contribution is 5.89. The van der Waals surface area contributed by atoms with Crippen molar-refractivity contribution in [1.82, 2.24) is 10.6 Å². The number of aliphatic carboxylic acids is 1. The minimum absolute atomic E-state index is 0.922. The summed E-state index contributed by atoms with van der Waals surface area (Å²) in [5.41, 5.74) is 0. The second-order valence-electron chi connectivity index (χ2n) is 2.82. The van der Waals surface area contributed by atoms with Gasteiger partial charge in [0, 0.05) is 0 Å². The van der Waals surface area contributed by atoms with Crippen LogP contribution < -0.4 is 10.6 Å². The minimum Gasteiger partial charge on any atom is -0.480 e. The first-order valence-electron chi connectivity index (χ1n) is 4.16. The Kier molecular flexibility index (Phi) is 5.38. The number of carboxylic acids is 1. The van der Waals surface area contributed by atoms with Gasteiger partial charge >= 0.3 is 18.1 Å². The van der Waals surface area contributed by atoms with Gasteiger partial charge in [-0.15, -0.1) is 0 Å². The quantitative estimate of drug-likeness (QED) is 0.465. The Labute approximate surface area is 92.6 Å². The summed E-state index contributed by atoms with van der Waals surface area (Å²) < 4.78 is 35.0. The Morgan fingerprint density at radius 1 is 1.24 bits per heavy atom. The van der Waals surface area contributed by atoms with Gasteiger partial charge in [-0.05, 0) is 0 Å². The van der Waals surface area contributed by atoms with E-state index in [1.54, 1.807) is 5.32 Å². The third-order valence-electron chi connectivity index (χ3n) is 1.48. The molecular weight excluding hydrogens is 249 g/mol. The molecular formula is C7H9F3N2O5. The van der Waals surface area contributed by atoms with Crippen LogP contribution in [-0.4, -0.2) is 53.4 Å². The first kappa shape index (κ1) is 15.2. The van der Waals surface area contributed by atoms with Crippen LogP contribution in [0.5, 0.6) is 0 Å². The van der Waals surface area contributed by atoms with E-state index in [1.807, 2.05) is 0 Å². The molecule has 0 aromatic rings. The molecule has 0 radical (unpaired) electrons. The van der Waals surface area contributed by atoms with Crippen LogP contribution in [0.2, 0.25) is 0 Å². The maximum absolute atomic E-state index is 11.7. The molecule has 17 heavy (non-hydrogen) atoms. The molecule has 7 nitrogen and oxygen atoms in total. The van der Waals surface area contributed by atoms with Crippen LogP contribution in [0, 0.1) is 0 Å². The molecule has 0 aromatic heterocycles. The van der Waals surface area contributed by atoms with Crippen molar-refractivity contribution in [2.24, 2.45) is 0 Å². The molecule has 0 rings (SSSR count). The van der Waals surface area contributed by atoms with Crippen molar-refractivity contribution in [3.63, 3.8) is 0 Å². The van der Waals surface area contributed by atoms with E-state index in [-0.39, 0.29) is 0 Å². The van der Waals surface area contributed by atoms with Crippen molar-refractivity contribution >= 4 is 17.8 Å². The maximum Gasteiger partial charge on any atom is 0.471 e. The Balaban J connectivity index is 4.12. The predicted octanol–water partition coefficient (Wildman–Crippen LogP) is -1.77. The van der Waals surface area contributed by atoms with E-state index in [0.29, 0.717) is 0 Å². The Morgan fingerprint density at radius 3 is 2.12 bits per heavy atom. The summed E-state index contributed by atoms with van der Waals surface area (Å²) in [4.78, 5) is 31.5. The fraction of sp³-hybridized carbons (Fsp3) is 0.571. The first-order chi connectivity index (χ1) is 7.68. The fourth-order valence-corrected chi connectivity index (χ4v) is 0.692. The van der Waals surface area contributed by atoms with E-state index in [1.165, 1.54) is 5.32 Å². The van der Waals surface area contributed by atoms with Gasteiger partial charge in [0.2, 0.25) is 5.91 Å². The van der Waals surface area contributed by atoms with Gasteiger partial charge in [-0.3, -0.25) is 9.59 Å². The lowest BCUT2D eigenvalue weighted by Gasteiger charge is -2.12. The van der Waals surface area contributed by atoms with Crippen LogP contribution in [0.1, 0.15) is 0 Å². The number of carbonyl (C=O) groups is 3. The molecule has 0 fully saturated rings. The van der Waals surface area contributed by atoms with E-state index in [9.17, 15) is 27.6 Å². The number of rotatable bonds is 5. The number of halogens is 3. The highest BCUT2D eigenvalue weighted by Gasteiger charge is 2.38. The van der Waals surface area contributed by atoms with E-state index in [4.69, 9.17) is 10.2 Å². The Morgan fingerprint density at radius 2 is 1.76 bits per heavy atom. The van der Waals surface area contributed by atoms with Crippen LogP contribution in [0.3, 0.4) is 0 Å². The molecule has 0 heterocycles. The number of aliphatic hydroxyl groups excluding tert-OH is 1. The lowest BCUT2D eigenvalue weighted by molar-refractivity contribution is -0.173. The summed E-state index contributed by atoms with van der Waals surface area (Å²) in [6.45, 7) is -1.96. The van der Waals surface area contributed by atoms with Crippen LogP contribution in [0.15, 0.2) is 0 Å². The van der Waals surface area contributed by atoms with Gasteiger partial charge in [-0.25, -0.2) is 4.79 Å². The first-order valence-corrected chi connectivity index (χ1v) is 4.16. The van der Waals surface area contributed by atoms with Gasteiger partial charge in [0.05, 0.1) is 13.2 Å². The number of carbonyl (C=O) groups excluding carboxylic acids is 2. The van der Waals surface area contributed by atoms with Gasteiger partial charge in [0.15, 0.2) is 0 Å². The lowest BCUT2D eigenvalue weighted by Crippen LogP contribution is -2.48. The third-order valence-corrected chi connectivity index (χ3v) is 1.48. The van der Waals surface area contributed by atoms with Gasteiger partial charge < -0.3 is 20.8 Å². The largest absolute Gasteiger partial charge is 0.480 e. The molecule has 4 N–H and O–H groups in total. The number of amides is 2. The zero-order valence-corrected chi connectivity index (χ0v) is 8.24. The second-order valence-corrected chi connectivity index (χ2v) is 2.82. The number of alkyl halides is 3. The van der Waals surface area contributed by atoms with Gasteiger partial charge in [0.25, 0.3) is 0 Å². The molecule has 0 unspecified atom stereocenters. The SMILES string of the molecule is O=C(CNC(=O)C(F)(F)F)N[C@@H](CO)C(=O)O. The van der Waals surface area contributed by atoms with Crippen LogP contribution in [-0.2, 0) is 14.4 Å². The molecule has 0 aliphatic heterocycles. The summed E-state index contributed by atoms with van der Waals surface area (Å²) >= 11 is 0. The molecule has 0 aromatic carbocycles. The van der Waals surface area contributed by atoms with Crippen LogP contribution in [0.25, 0.3) is 0 Å². The smallest absolute Gasteiger partial charge is 0.471 e. The molecule has 0 aliphatic rings. The number of nitrogens with one attached hydrogen (secondary N) is 2. The molecule has 1 atom stereocenters. The maximum atomic E-state index is 11.7. The van der Waals surface area contributed by atoms with Crippen molar-refractivity contribution in [2.75, 3.05) is 13.2 Å². The van der Waals surface area contributed by atoms with E-state index >= 15 is 0 Å². The van der Waals surface area contributed by atoms with Crippen LogP contribution >= 0.6 is 0 Å². The van der Waals surface area contributed by atoms with Crippen molar-refractivity contribution in [3.8, 4) is 0 Å². The second kappa shape index (κ2) is 6.03. The van der Waals surface area contributed by atoms with E-state index < -0.39 is 43.2 Å². The predicted molar refractivity (Wildman–Crippen MR) is 45.7 cm³/mol. The number of hydrogen-bond donors (Lipinski definition) is 4. The monoisotopic (exact) mass is 258 g/mol. The third kappa shape index (κ3) is 5.70. The normalized spacial score (nSPS) is 12.7. The van der Waals surface area contributed by atoms with Crippen molar-refractivity contribution in [1.29, 1.82) is 0 Å². The van der Waals surface area contributed by atoms with Gasteiger partial charge in [-0.1, -0.05) is 0 Å². The minimum atomic E-state index is -5.12. The zero-order chi connectivity index (χ0) is 13.6. The molecule has 98 valence electrons. The number of aliphatic hydroxyl groups is 1. The van der Waals surface area contributed by atoms with E-state index in [0.717, 1.165) is 0 Å². The average Bonchev–Trinajstić information content (AvgIpc) is 2.20. The summed E-state index contributed by atoms with van der Waals surface area (Å²) in [5.74, 6) is -5.03. The van der Waals surface area contributed by atoms with Crippen molar-refractivity contribution < 1.29 is 37.8 Å². The molecule has 0 spiro atoms. The van der Waals surface area contributed by atoms with Crippen molar-refractivity contribution in [3.05, 3.63) is 0 Å². The zero-order valence-electron chi connectivity index (χ0n) is 8.24. The highest BCUT2D eigenvalue weighted by Crippen LogP contribution is 2.13. The number of hydrogen-bond acceptors (Lipinski definition) is 4. The van der Waals surface area contributed by atoms with Gasteiger partial charge in [-0.2, -0.15) is 13.2 Å². The highest BCUT2D eigenvalue weighted by atomic mass is 19.4. The Bertz CT molecular complexity index is 317. The summed E-state index contributed by atoms with van der Waals surface area (Å²) in [7, 11) is 0. The summed E-state index contributed by atoms with van der Waals surface area (Å²) in [6.07, 6.45) is -5.12. The topological polar surface area (TPSA) is 116 Å². The summed E-state index contributed by atoms with van der Waals surface area (Å²) in [5, 5.41) is 19.8. The van der Waals surface area contributed by atoms with Gasteiger partial charge in [0.1, 0.15) is 6.04 Å². The molecule has 0 bridgehead atoms. The molecule has 2 amide bonds. The lowest BCUT2D eigenvalue weighted by atomic mass is 10.3. The van der Waals surface area contributed by atoms with Crippen LogP contribution in [0.4, 0.5) is 13.2 Å². The fourth-order valence-electron chi connectivity index (χ4n) is 0.692. The van der Waals surface area contributed by atoms with Crippen molar-refractivity contribution in [2.45, 2.75) is 12.2 Å². The molecule has 0 saturated heterocycles. The van der Waals surface area contributed by atoms with E-state index in [2.05, 4.69) is 0 Å². The number of carboxylic acid groups (broad SMARTS) is 1. The molecule has 0 aliphatic carbocycles.